The molecule has 8 heteroatoms. The second-order valence-electron chi connectivity index (χ2n) is 6.72. The lowest BCUT2D eigenvalue weighted by molar-refractivity contribution is 0.0955. The summed E-state index contributed by atoms with van der Waals surface area (Å²) in [5.41, 5.74) is 4.56. The highest BCUT2D eigenvalue weighted by Crippen LogP contribution is 2.21. The first kappa shape index (κ1) is 21.9. The third-order valence-electron chi connectivity index (χ3n) is 4.33. The molecule has 31 heavy (non-hydrogen) atoms. The van der Waals surface area contributed by atoms with Gasteiger partial charge in [0.1, 0.15) is 5.71 Å². The van der Waals surface area contributed by atoms with Gasteiger partial charge in [-0.15, -0.1) is 0 Å². The van der Waals surface area contributed by atoms with E-state index in [0.29, 0.717) is 16.1 Å². The fourth-order valence-electron chi connectivity index (χ4n) is 2.75. The van der Waals surface area contributed by atoms with E-state index in [4.69, 9.17) is 11.6 Å². The van der Waals surface area contributed by atoms with Crippen molar-refractivity contribution in [1.29, 1.82) is 0 Å². The summed E-state index contributed by atoms with van der Waals surface area (Å²) < 4.78 is 0. The normalized spacial score (nSPS) is 11.0. The Morgan fingerprint density at radius 1 is 0.968 bits per heavy atom. The molecule has 156 valence electrons. The number of halogens is 1. The van der Waals surface area contributed by atoms with Crippen LogP contribution in [0.2, 0.25) is 5.02 Å². The molecule has 1 heterocycles. The van der Waals surface area contributed by atoms with Crippen molar-refractivity contribution in [3.05, 3.63) is 94.3 Å². The highest BCUT2D eigenvalue weighted by molar-refractivity contribution is 6.45. The van der Waals surface area contributed by atoms with E-state index >= 15 is 0 Å². The lowest BCUT2D eigenvalue weighted by Crippen LogP contribution is -2.24. The second-order valence-corrected chi connectivity index (χ2v) is 7.16. The molecule has 0 fully saturated rings. The number of hydrogen-bond donors (Lipinski definition) is 2. The van der Waals surface area contributed by atoms with Gasteiger partial charge in [-0.2, -0.15) is 5.10 Å². The highest BCUT2D eigenvalue weighted by Gasteiger charge is 2.16. The maximum Gasteiger partial charge on any atom is 0.273 e. The van der Waals surface area contributed by atoms with Crippen LogP contribution in [0.25, 0.3) is 0 Å². The van der Waals surface area contributed by atoms with Crippen molar-refractivity contribution in [3.63, 3.8) is 0 Å². The van der Waals surface area contributed by atoms with Crippen LogP contribution in [0.5, 0.6) is 0 Å². The number of pyridine rings is 1. The molecule has 0 aliphatic rings. The molecule has 0 aliphatic heterocycles. The fraction of sp³-hybridized carbons (Fsp3) is 0.0870. The summed E-state index contributed by atoms with van der Waals surface area (Å²) in [7, 11) is 0. The molecule has 0 saturated heterocycles. The van der Waals surface area contributed by atoms with E-state index in [1.165, 1.54) is 25.3 Å². The number of nitrogens with zero attached hydrogens (tertiary/aromatic N) is 2. The van der Waals surface area contributed by atoms with Crippen LogP contribution >= 0.6 is 11.6 Å². The first-order valence-electron chi connectivity index (χ1n) is 9.32. The van der Waals surface area contributed by atoms with Gasteiger partial charge in [0.2, 0.25) is 5.78 Å². The van der Waals surface area contributed by atoms with E-state index in [2.05, 4.69) is 20.8 Å². The van der Waals surface area contributed by atoms with Crippen LogP contribution < -0.4 is 10.7 Å². The number of hydrazone groups is 1. The van der Waals surface area contributed by atoms with E-state index in [0.717, 1.165) is 5.56 Å². The van der Waals surface area contributed by atoms with Gasteiger partial charge in [0.25, 0.3) is 11.8 Å². The molecule has 0 atom stereocenters. The number of anilines is 1. The van der Waals surface area contributed by atoms with Crippen LogP contribution in [-0.4, -0.2) is 28.3 Å². The minimum absolute atomic E-state index is 0.101. The molecule has 3 aromatic rings. The Morgan fingerprint density at radius 3 is 2.45 bits per heavy atom. The minimum atomic E-state index is -0.625. The van der Waals surface area contributed by atoms with E-state index in [1.807, 2.05) is 13.0 Å². The Bertz CT molecular complexity index is 1180. The maximum absolute atomic E-state index is 12.7. The predicted octanol–water partition coefficient (Wildman–Crippen LogP) is 4.28. The van der Waals surface area contributed by atoms with Crippen LogP contribution in [0.4, 0.5) is 5.69 Å². The number of carbonyl (C=O) groups is 3. The smallest absolute Gasteiger partial charge is 0.273 e. The molecule has 0 spiro atoms. The van der Waals surface area contributed by atoms with E-state index in [1.54, 1.807) is 42.6 Å². The van der Waals surface area contributed by atoms with E-state index in [9.17, 15) is 14.4 Å². The lowest BCUT2D eigenvalue weighted by Gasteiger charge is -2.11. The Balaban J connectivity index is 1.78. The molecule has 2 amide bonds. The van der Waals surface area contributed by atoms with Crippen LogP contribution in [-0.2, 0) is 0 Å². The zero-order valence-corrected chi connectivity index (χ0v) is 17.6. The zero-order valence-electron chi connectivity index (χ0n) is 16.8. The second kappa shape index (κ2) is 9.77. The van der Waals surface area contributed by atoms with Gasteiger partial charge in [-0.3, -0.25) is 19.4 Å². The lowest BCUT2D eigenvalue weighted by atomic mass is 10.1. The third-order valence-corrected chi connectivity index (χ3v) is 4.57. The summed E-state index contributed by atoms with van der Waals surface area (Å²) in [5, 5.41) is 6.89. The number of carbonyl (C=O) groups excluding carboxylic acids is 3. The van der Waals surface area contributed by atoms with Crippen molar-refractivity contribution in [2.75, 3.05) is 5.32 Å². The number of ketones is 1. The number of rotatable bonds is 6. The topological polar surface area (TPSA) is 101 Å². The summed E-state index contributed by atoms with van der Waals surface area (Å²) in [4.78, 5) is 41.5. The molecule has 0 saturated carbocycles. The number of nitrogens with one attached hydrogen (secondary N) is 2. The Morgan fingerprint density at radius 2 is 1.74 bits per heavy atom. The zero-order chi connectivity index (χ0) is 22.4. The SMILES string of the molecule is CC(=NNC(=O)c1cc(Cl)ccc1NC(=O)c1cccnc1)C(=O)c1cccc(C)c1. The maximum atomic E-state index is 12.7. The molecule has 0 bridgehead atoms. The molecule has 0 aliphatic carbocycles. The van der Waals surface area contributed by atoms with Crippen LogP contribution in [0.15, 0.2) is 72.1 Å². The van der Waals surface area contributed by atoms with Crippen molar-refractivity contribution < 1.29 is 14.4 Å². The van der Waals surface area contributed by atoms with Crippen LogP contribution in [0.3, 0.4) is 0 Å². The largest absolute Gasteiger partial charge is 0.321 e. The summed E-state index contributed by atoms with van der Waals surface area (Å²) in [6.07, 6.45) is 2.96. The molecular weight excluding hydrogens is 416 g/mol. The predicted molar refractivity (Wildman–Crippen MR) is 120 cm³/mol. The van der Waals surface area contributed by atoms with Crippen molar-refractivity contribution >= 4 is 40.6 Å². The van der Waals surface area contributed by atoms with Crippen molar-refractivity contribution in [2.24, 2.45) is 5.10 Å². The monoisotopic (exact) mass is 434 g/mol. The van der Waals surface area contributed by atoms with E-state index < -0.39 is 11.8 Å². The Labute approximate surface area is 184 Å². The molecule has 7 nitrogen and oxygen atoms in total. The number of amides is 2. The van der Waals surface area contributed by atoms with Gasteiger partial charge in [-0.05, 0) is 50.2 Å². The van der Waals surface area contributed by atoms with Gasteiger partial charge in [-0.25, -0.2) is 5.43 Å². The molecular formula is C23H19ClN4O3. The highest BCUT2D eigenvalue weighted by atomic mass is 35.5. The van der Waals surface area contributed by atoms with Crippen molar-refractivity contribution in [1.82, 2.24) is 10.4 Å². The Kier molecular flexibility index (Phi) is 6.89. The molecule has 3 rings (SSSR count). The number of aromatic nitrogens is 1. The Hall–Kier alpha value is -3.84. The number of benzene rings is 2. The average molecular weight is 435 g/mol. The number of aryl methyl sites for hydroxylation is 1. The van der Waals surface area contributed by atoms with Crippen LogP contribution in [0.1, 0.15) is 43.6 Å². The van der Waals surface area contributed by atoms with E-state index in [-0.39, 0.29) is 22.7 Å². The van der Waals surface area contributed by atoms with Gasteiger partial charge in [0.15, 0.2) is 0 Å². The number of Topliss-reactive ketones (excluding diaryl/α,β-unsaturated/α-hetero) is 1. The molecule has 0 unspecified atom stereocenters. The molecule has 0 radical (unpaired) electrons. The molecule has 2 aromatic carbocycles. The summed E-state index contributed by atoms with van der Waals surface area (Å²) in [5.74, 6) is -1.36. The first-order chi connectivity index (χ1) is 14.8. The third kappa shape index (κ3) is 5.61. The first-order valence-corrected chi connectivity index (χ1v) is 9.70. The average Bonchev–Trinajstić information content (AvgIpc) is 2.78. The minimum Gasteiger partial charge on any atom is -0.321 e. The summed E-state index contributed by atoms with van der Waals surface area (Å²) >= 11 is 6.03. The van der Waals surface area contributed by atoms with Gasteiger partial charge < -0.3 is 5.32 Å². The summed E-state index contributed by atoms with van der Waals surface area (Å²) in [6.45, 7) is 3.39. The standard InChI is InChI=1S/C23H19ClN4O3/c1-14-5-3-6-16(11-14)21(29)15(2)27-28-23(31)19-12-18(24)8-9-20(19)26-22(30)17-7-4-10-25-13-17/h3-13H,1-2H3,(H,26,30)(H,28,31). The van der Waals surface area contributed by atoms with Crippen molar-refractivity contribution in [3.8, 4) is 0 Å². The molecule has 2 N–H and O–H groups in total. The molecule has 1 aromatic heterocycles. The van der Waals surface area contributed by atoms with Crippen molar-refractivity contribution in [2.45, 2.75) is 13.8 Å². The fourth-order valence-corrected chi connectivity index (χ4v) is 2.92. The van der Waals surface area contributed by atoms with Gasteiger partial charge in [-0.1, -0.05) is 35.4 Å². The number of hydrogen-bond acceptors (Lipinski definition) is 5. The van der Waals surface area contributed by atoms with Gasteiger partial charge in [0.05, 0.1) is 16.8 Å². The van der Waals surface area contributed by atoms with Gasteiger partial charge >= 0.3 is 0 Å². The van der Waals surface area contributed by atoms with Gasteiger partial charge in [0, 0.05) is 23.0 Å². The quantitative estimate of drug-likeness (QED) is 0.343. The summed E-state index contributed by atoms with van der Waals surface area (Å²) in [6, 6.07) is 14.8. The van der Waals surface area contributed by atoms with Crippen LogP contribution in [0, 0.1) is 6.92 Å².